The fourth-order valence-electron chi connectivity index (χ4n) is 3.14. The molecule has 0 bridgehead atoms. The van der Waals surface area contributed by atoms with Gasteiger partial charge < -0.3 is 4.74 Å². The second kappa shape index (κ2) is 15.1. The molecule has 0 N–H and O–H groups in total. The smallest absolute Gasteiger partial charge is 0.130 e. The third kappa shape index (κ3) is 7.84. The predicted molar refractivity (Wildman–Crippen MR) is 130 cm³/mol. The molecule has 2 rings (SSSR count). The van der Waals surface area contributed by atoms with E-state index in [9.17, 15) is 4.39 Å². The second-order valence-electron chi connectivity index (χ2n) is 6.91. The van der Waals surface area contributed by atoms with Crippen molar-refractivity contribution in [1.82, 2.24) is 0 Å². The quantitative estimate of drug-likeness (QED) is 0.493. The highest BCUT2D eigenvalue weighted by atomic mass is 19.1. The molecule has 2 aromatic carbocycles. The van der Waals surface area contributed by atoms with E-state index in [0.29, 0.717) is 11.7 Å². The molecular weight excluding hydrogens is 359 g/mol. The molecule has 0 atom stereocenters. The van der Waals surface area contributed by atoms with Crippen molar-refractivity contribution in [3.63, 3.8) is 0 Å². The van der Waals surface area contributed by atoms with E-state index in [1.807, 2.05) is 61.5 Å². The Labute approximate surface area is 180 Å². The minimum atomic E-state index is -0.200. The van der Waals surface area contributed by atoms with Gasteiger partial charge in [0.05, 0.1) is 7.11 Å². The maximum absolute atomic E-state index is 14.3. The molecular formula is C27H45FO. The van der Waals surface area contributed by atoms with Crippen molar-refractivity contribution >= 4 is 0 Å². The summed E-state index contributed by atoms with van der Waals surface area (Å²) in [7, 11) is 1.60. The molecule has 0 aromatic heterocycles. The molecule has 0 saturated carbocycles. The first-order chi connectivity index (χ1) is 13.8. The highest BCUT2D eigenvalue weighted by Crippen LogP contribution is 2.38. The van der Waals surface area contributed by atoms with Crippen LogP contribution in [0.3, 0.4) is 0 Å². The van der Waals surface area contributed by atoms with Crippen LogP contribution in [0.2, 0.25) is 0 Å². The number of benzene rings is 2. The highest BCUT2D eigenvalue weighted by Gasteiger charge is 2.17. The van der Waals surface area contributed by atoms with Crippen LogP contribution in [0.5, 0.6) is 5.75 Å². The van der Waals surface area contributed by atoms with E-state index in [2.05, 4.69) is 39.8 Å². The van der Waals surface area contributed by atoms with Crippen molar-refractivity contribution in [3.05, 3.63) is 52.3 Å². The number of halogens is 1. The van der Waals surface area contributed by atoms with E-state index in [1.54, 1.807) is 7.11 Å². The normalized spacial score (nSPS) is 9.66. The van der Waals surface area contributed by atoms with Crippen LogP contribution in [0.15, 0.2) is 24.3 Å². The number of aryl methyl sites for hydroxylation is 2. The molecule has 2 heteroatoms. The van der Waals surface area contributed by atoms with Crippen molar-refractivity contribution in [2.45, 2.75) is 94.9 Å². The van der Waals surface area contributed by atoms with Crippen LogP contribution in [0.1, 0.15) is 103 Å². The van der Waals surface area contributed by atoms with Crippen LogP contribution in [0.25, 0.3) is 11.1 Å². The summed E-state index contributed by atoms with van der Waals surface area (Å²) in [5, 5.41) is 0. The molecule has 2 aromatic rings. The van der Waals surface area contributed by atoms with Gasteiger partial charge >= 0.3 is 0 Å². The zero-order chi connectivity index (χ0) is 23.3. The summed E-state index contributed by atoms with van der Waals surface area (Å²) >= 11 is 0. The van der Waals surface area contributed by atoms with E-state index >= 15 is 0 Å². The Balaban J connectivity index is 0. The maximum atomic E-state index is 14.3. The third-order valence-corrected chi connectivity index (χ3v) is 4.47. The largest absolute Gasteiger partial charge is 0.496 e. The van der Waals surface area contributed by atoms with Crippen LogP contribution in [0, 0.1) is 19.7 Å². The molecule has 166 valence electrons. The molecule has 0 fully saturated rings. The highest BCUT2D eigenvalue weighted by molar-refractivity contribution is 5.75. The molecule has 0 spiro atoms. The van der Waals surface area contributed by atoms with Gasteiger partial charge in [0.2, 0.25) is 0 Å². The Hall–Kier alpha value is -1.83. The summed E-state index contributed by atoms with van der Waals surface area (Å²) in [6, 6.07) is 7.89. The van der Waals surface area contributed by atoms with Crippen molar-refractivity contribution < 1.29 is 9.13 Å². The summed E-state index contributed by atoms with van der Waals surface area (Å²) in [6.07, 6.45) is 0. The number of hydrogen-bond donors (Lipinski definition) is 0. The zero-order valence-corrected chi connectivity index (χ0v) is 21.3. The Bertz CT molecular complexity index is 715. The summed E-state index contributed by atoms with van der Waals surface area (Å²) in [4.78, 5) is 0. The third-order valence-electron chi connectivity index (χ3n) is 4.47. The summed E-state index contributed by atoms with van der Waals surface area (Å²) in [6.45, 7) is 24.7. The number of hydrogen-bond acceptors (Lipinski definition) is 1. The van der Waals surface area contributed by atoms with Crippen molar-refractivity contribution in [2.24, 2.45) is 0 Å². The van der Waals surface area contributed by atoms with Crippen LogP contribution in [0.4, 0.5) is 4.39 Å². The van der Waals surface area contributed by atoms with Crippen molar-refractivity contribution in [2.75, 3.05) is 7.11 Å². The Morgan fingerprint density at radius 1 is 0.655 bits per heavy atom. The van der Waals surface area contributed by atoms with E-state index in [-0.39, 0.29) is 11.7 Å². The van der Waals surface area contributed by atoms with E-state index in [1.165, 1.54) is 22.8 Å². The van der Waals surface area contributed by atoms with Gasteiger partial charge in [0.25, 0.3) is 0 Å². The van der Waals surface area contributed by atoms with Crippen molar-refractivity contribution in [3.8, 4) is 16.9 Å². The first-order valence-electron chi connectivity index (χ1n) is 11.2. The monoisotopic (exact) mass is 404 g/mol. The topological polar surface area (TPSA) is 9.23 Å². The molecule has 0 saturated heterocycles. The fourth-order valence-corrected chi connectivity index (χ4v) is 3.14. The number of rotatable bonds is 4. The maximum Gasteiger partial charge on any atom is 0.130 e. The molecule has 1 nitrogen and oxygen atoms in total. The van der Waals surface area contributed by atoms with Crippen LogP contribution in [-0.2, 0) is 0 Å². The van der Waals surface area contributed by atoms with E-state index < -0.39 is 0 Å². The molecule has 0 radical (unpaired) electrons. The van der Waals surface area contributed by atoms with Gasteiger partial charge in [-0.05, 0) is 59.6 Å². The van der Waals surface area contributed by atoms with E-state index in [0.717, 1.165) is 16.7 Å². The SMILES string of the molecule is CC.CC.CC.COc1cc(F)c(C(C)C)cc1-c1cc(C)c(C(C)C)cc1C. The Kier molecular flexibility index (Phi) is 15.3. The van der Waals surface area contributed by atoms with Gasteiger partial charge in [-0.1, -0.05) is 81.4 Å². The van der Waals surface area contributed by atoms with Gasteiger partial charge in [0.15, 0.2) is 0 Å². The first-order valence-corrected chi connectivity index (χ1v) is 11.2. The lowest BCUT2D eigenvalue weighted by Gasteiger charge is -2.18. The lowest BCUT2D eigenvalue weighted by Crippen LogP contribution is -2.00. The fraction of sp³-hybridized carbons (Fsp3) is 0.556. The molecule has 0 unspecified atom stereocenters. The number of methoxy groups -OCH3 is 1. The average Bonchev–Trinajstić information content (AvgIpc) is 2.73. The Morgan fingerprint density at radius 3 is 1.55 bits per heavy atom. The van der Waals surface area contributed by atoms with Crippen LogP contribution in [-0.4, -0.2) is 7.11 Å². The minimum absolute atomic E-state index is 0.135. The van der Waals surface area contributed by atoms with Gasteiger partial charge in [0.1, 0.15) is 11.6 Å². The van der Waals surface area contributed by atoms with E-state index in [4.69, 9.17) is 4.74 Å². The van der Waals surface area contributed by atoms with Crippen LogP contribution >= 0.6 is 0 Å². The lowest BCUT2D eigenvalue weighted by molar-refractivity contribution is 0.412. The predicted octanol–water partition coefficient (Wildman–Crippen LogP) is 9.44. The standard InChI is InChI=1S/C21H27FO.3C2H6/c1-12(2)16-8-15(6)18(9-14(16)5)19-10-17(13(3)4)20(22)11-21(19)23-7;3*1-2/h8-13H,1-7H3;3*1-2H3. The molecule has 0 aliphatic rings. The summed E-state index contributed by atoms with van der Waals surface area (Å²) < 4.78 is 19.7. The average molecular weight is 405 g/mol. The second-order valence-corrected chi connectivity index (χ2v) is 6.91. The summed E-state index contributed by atoms with van der Waals surface area (Å²) in [5.74, 6) is 1.01. The molecule has 29 heavy (non-hydrogen) atoms. The minimum Gasteiger partial charge on any atom is -0.496 e. The zero-order valence-electron chi connectivity index (χ0n) is 21.3. The number of ether oxygens (including phenoxy) is 1. The molecule has 0 aliphatic carbocycles. The van der Waals surface area contributed by atoms with Gasteiger partial charge in [-0.25, -0.2) is 4.39 Å². The van der Waals surface area contributed by atoms with Gasteiger partial charge in [-0.15, -0.1) is 0 Å². The Morgan fingerprint density at radius 2 is 1.14 bits per heavy atom. The van der Waals surface area contributed by atoms with Gasteiger partial charge in [0, 0.05) is 11.6 Å². The summed E-state index contributed by atoms with van der Waals surface area (Å²) in [5.41, 5.74) is 6.62. The first kappa shape index (κ1) is 29.4. The van der Waals surface area contributed by atoms with Gasteiger partial charge in [-0.2, -0.15) is 0 Å². The molecule has 0 amide bonds. The van der Waals surface area contributed by atoms with Crippen molar-refractivity contribution in [1.29, 1.82) is 0 Å². The van der Waals surface area contributed by atoms with Crippen LogP contribution < -0.4 is 4.74 Å². The molecule has 0 heterocycles. The lowest BCUT2D eigenvalue weighted by atomic mass is 9.88. The molecule has 0 aliphatic heterocycles. The van der Waals surface area contributed by atoms with Gasteiger partial charge in [-0.3, -0.25) is 0 Å².